The van der Waals surface area contributed by atoms with Crippen LogP contribution in [0.25, 0.3) is 0 Å². The number of ketones is 1. The average molecular weight is 250 g/mol. The molecule has 0 aromatic rings. The van der Waals surface area contributed by atoms with E-state index in [1.807, 2.05) is 13.8 Å². The molecule has 102 valence electrons. The molecule has 3 heteroatoms. The molecule has 0 radical (unpaired) electrons. The third kappa shape index (κ3) is 4.71. The molecule has 1 saturated carbocycles. The van der Waals surface area contributed by atoms with Crippen LogP contribution in [0.3, 0.4) is 0 Å². The third-order valence-corrected chi connectivity index (χ3v) is 3.63. The SMILES string of the molecule is CC/C(CC1CCCC1)=N\N=C(/C)C(=O)C(C)C. The molecule has 1 aliphatic rings. The van der Waals surface area contributed by atoms with E-state index in [9.17, 15) is 4.79 Å². The Morgan fingerprint density at radius 2 is 1.83 bits per heavy atom. The number of nitrogens with zero attached hydrogens (tertiary/aromatic N) is 2. The maximum absolute atomic E-state index is 11.7. The summed E-state index contributed by atoms with van der Waals surface area (Å²) in [4.78, 5) is 11.7. The van der Waals surface area contributed by atoms with Gasteiger partial charge < -0.3 is 0 Å². The Morgan fingerprint density at radius 3 is 2.33 bits per heavy atom. The van der Waals surface area contributed by atoms with Crippen LogP contribution in [-0.2, 0) is 4.79 Å². The quantitative estimate of drug-likeness (QED) is 0.518. The zero-order chi connectivity index (χ0) is 13.5. The summed E-state index contributed by atoms with van der Waals surface area (Å²) in [5.74, 6) is 0.888. The summed E-state index contributed by atoms with van der Waals surface area (Å²) in [5.41, 5.74) is 1.67. The maximum Gasteiger partial charge on any atom is 0.181 e. The number of rotatable bonds is 6. The average Bonchev–Trinajstić information content (AvgIpc) is 2.85. The van der Waals surface area contributed by atoms with Crippen LogP contribution in [0.2, 0.25) is 0 Å². The van der Waals surface area contributed by atoms with E-state index in [1.165, 1.54) is 25.7 Å². The molecule has 0 heterocycles. The van der Waals surface area contributed by atoms with Gasteiger partial charge >= 0.3 is 0 Å². The van der Waals surface area contributed by atoms with E-state index in [2.05, 4.69) is 17.1 Å². The van der Waals surface area contributed by atoms with Crippen LogP contribution in [0.5, 0.6) is 0 Å². The molecule has 0 amide bonds. The highest BCUT2D eigenvalue weighted by molar-refractivity contribution is 6.39. The monoisotopic (exact) mass is 250 g/mol. The first-order chi connectivity index (χ1) is 8.54. The van der Waals surface area contributed by atoms with E-state index in [4.69, 9.17) is 0 Å². The topological polar surface area (TPSA) is 41.8 Å². The van der Waals surface area contributed by atoms with Gasteiger partial charge in [-0.15, -0.1) is 0 Å². The minimum absolute atomic E-state index is 0.00357. The number of carbonyl (C=O) groups excluding carboxylic acids is 1. The molecule has 0 aliphatic heterocycles. The van der Waals surface area contributed by atoms with Crippen molar-refractivity contribution < 1.29 is 4.79 Å². The van der Waals surface area contributed by atoms with Crippen molar-refractivity contribution in [3.8, 4) is 0 Å². The molecule has 0 unspecified atom stereocenters. The Bertz CT molecular complexity index is 336. The van der Waals surface area contributed by atoms with Crippen molar-refractivity contribution in [1.82, 2.24) is 0 Å². The van der Waals surface area contributed by atoms with Gasteiger partial charge in [-0.25, -0.2) is 0 Å². The van der Waals surface area contributed by atoms with E-state index in [1.54, 1.807) is 6.92 Å². The lowest BCUT2D eigenvalue weighted by atomic mass is 9.99. The minimum atomic E-state index is 0.00357. The van der Waals surface area contributed by atoms with E-state index < -0.39 is 0 Å². The van der Waals surface area contributed by atoms with Gasteiger partial charge in [-0.3, -0.25) is 4.79 Å². The second-order valence-corrected chi connectivity index (χ2v) is 5.58. The van der Waals surface area contributed by atoms with Gasteiger partial charge in [0.2, 0.25) is 0 Å². The fraction of sp³-hybridized carbons (Fsp3) is 0.800. The van der Waals surface area contributed by atoms with Gasteiger partial charge in [0.05, 0.1) is 0 Å². The normalized spacial score (nSPS) is 18.7. The van der Waals surface area contributed by atoms with Gasteiger partial charge in [-0.1, -0.05) is 46.5 Å². The fourth-order valence-electron chi connectivity index (χ4n) is 2.42. The highest BCUT2D eigenvalue weighted by Crippen LogP contribution is 2.28. The molecule has 0 aromatic carbocycles. The molecule has 0 spiro atoms. The molecule has 3 nitrogen and oxygen atoms in total. The Labute approximate surface area is 111 Å². The second-order valence-electron chi connectivity index (χ2n) is 5.58. The molecule has 1 aliphatic carbocycles. The van der Waals surface area contributed by atoms with Crippen molar-refractivity contribution in [1.29, 1.82) is 0 Å². The number of carbonyl (C=O) groups is 1. The van der Waals surface area contributed by atoms with Crippen molar-refractivity contribution in [3.05, 3.63) is 0 Å². The van der Waals surface area contributed by atoms with Crippen LogP contribution in [0.15, 0.2) is 10.2 Å². The summed E-state index contributed by atoms with van der Waals surface area (Å²) in [6.45, 7) is 7.66. The molecule has 0 atom stereocenters. The van der Waals surface area contributed by atoms with Crippen LogP contribution < -0.4 is 0 Å². The Kier molecular flexibility index (Phi) is 6.23. The molecule has 0 N–H and O–H groups in total. The van der Waals surface area contributed by atoms with E-state index in [0.717, 1.165) is 24.5 Å². The minimum Gasteiger partial charge on any atom is -0.292 e. The molecule has 0 bridgehead atoms. The summed E-state index contributed by atoms with van der Waals surface area (Å²) < 4.78 is 0. The molecular formula is C15H26N2O. The summed E-state index contributed by atoms with van der Waals surface area (Å²) >= 11 is 0. The summed E-state index contributed by atoms with van der Waals surface area (Å²) in [6, 6.07) is 0. The van der Waals surface area contributed by atoms with Crippen LogP contribution >= 0.6 is 0 Å². The highest BCUT2D eigenvalue weighted by atomic mass is 16.1. The van der Waals surface area contributed by atoms with Crippen molar-refractivity contribution >= 4 is 17.2 Å². The van der Waals surface area contributed by atoms with Crippen molar-refractivity contribution in [3.63, 3.8) is 0 Å². The molecule has 0 saturated heterocycles. The molecule has 18 heavy (non-hydrogen) atoms. The standard InChI is InChI=1S/C15H26N2O/c1-5-14(10-13-8-6-7-9-13)17-16-12(4)15(18)11(2)3/h11,13H,5-10H2,1-4H3/b16-12+,17-14+. The van der Waals surface area contributed by atoms with Crippen molar-refractivity contribution in [2.45, 2.75) is 66.2 Å². The zero-order valence-electron chi connectivity index (χ0n) is 12.2. The Balaban J connectivity index is 2.60. The van der Waals surface area contributed by atoms with Crippen LogP contribution in [0.1, 0.15) is 66.2 Å². The maximum atomic E-state index is 11.7. The zero-order valence-corrected chi connectivity index (χ0v) is 12.2. The highest BCUT2D eigenvalue weighted by Gasteiger charge is 2.17. The molecule has 1 rings (SSSR count). The predicted octanol–water partition coefficient (Wildman–Crippen LogP) is 4.02. The van der Waals surface area contributed by atoms with Gasteiger partial charge in [0.15, 0.2) is 5.78 Å². The smallest absolute Gasteiger partial charge is 0.181 e. The molecule has 0 aromatic heterocycles. The summed E-state index contributed by atoms with van der Waals surface area (Å²) in [5, 5.41) is 8.41. The van der Waals surface area contributed by atoms with Gasteiger partial charge in [-0.05, 0) is 25.7 Å². The lowest BCUT2D eigenvalue weighted by Gasteiger charge is -2.09. The Morgan fingerprint density at radius 1 is 1.22 bits per heavy atom. The Hall–Kier alpha value is -0.990. The third-order valence-electron chi connectivity index (χ3n) is 3.63. The lowest BCUT2D eigenvalue weighted by molar-refractivity contribution is -0.115. The lowest BCUT2D eigenvalue weighted by Crippen LogP contribution is -2.16. The van der Waals surface area contributed by atoms with E-state index >= 15 is 0 Å². The van der Waals surface area contributed by atoms with Crippen LogP contribution in [0, 0.1) is 11.8 Å². The van der Waals surface area contributed by atoms with Crippen molar-refractivity contribution in [2.24, 2.45) is 22.0 Å². The summed E-state index contributed by atoms with van der Waals surface area (Å²) in [7, 11) is 0. The van der Waals surface area contributed by atoms with E-state index in [0.29, 0.717) is 5.71 Å². The number of hydrogen-bond acceptors (Lipinski definition) is 3. The number of Topliss-reactive ketones (excluding diaryl/α,β-unsaturated/α-hetero) is 1. The largest absolute Gasteiger partial charge is 0.292 e. The first-order valence-electron chi connectivity index (χ1n) is 7.18. The fourth-order valence-corrected chi connectivity index (χ4v) is 2.42. The molecular weight excluding hydrogens is 224 g/mol. The van der Waals surface area contributed by atoms with E-state index in [-0.39, 0.29) is 11.7 Å². The summed E-state index contributed by atoms with van der Waals surface area (Å²) in [6.07, 6.45) is 7.36. The van der Waals surface area contributed by atoms with Gasteiger partial charge in [0.1, 0.15) is 5.71 Å². The second kappa shape index (κ2) is 7.45. The van der Waals surface area contributed by atoms with Gasteiger partial charge in [-0.2, -0.15) is 10.2 Å². The predicted molar refractivity (Wildman–Crippen MR) is 77.3 cm³/mol. The molecule has 1 fully saturated rings. The number of hydrogen-bond donors (Lipinski definition) is 0. The van der Waals surface area contributed by atoms with Crippen LogP contribution in [0.4, 0.5) is 0 Å². The van der Waals surface area contributed by atoms with Gasteiger partial charge in [0.25, 0.3) is 0 Å². The first-order valence-corrected chi connectivity index (χ1v) is 7.18. The van der Waals surface area contributed by atoms with Crippen molar-refractivity contribution in [2.75, 3.05) is 0 Å². The first kappa shape index (κ1) is 15.1. The van der Waals surface area contributed by atoms with Gasteiger partial charge in [0, 0.05) is 11.6 Å². The van der Waals surface area contributed by atoms with Crippen LogP contribution in [-0.4, -0.2) is 17.2 Å².